The van der Waals surface area contributed by atoms with E-state index in [-0.39, 0.29) is 0 Å². The van der Waals surface area contributed by atoms with Crippen LogP contribution in [0.5, 0.6) is 0 Å². The molecule has 1 rings (SSSR count). The maximum Gasteiger partial charge on any atom is 0.0187 e. The monoisotopic (exact) mass is 223 g/mol. The number of aryl methyl sites for hydroxylation is 2. The minimum atomic E-state index is 0.347. The first-order chi connectivity index (χ1) is 7.13. The number of nitrogens with two attached hydrogens (primary N) is 1. The van der Waals surface area contributed by atoms with Gasteiger partial charge in [-0.05, 0) is 31.4 Å². The van der Waals surface area contributed by atoms with Gasteiger partial charge in [-0.3, -0.25) is 0 Å². The Balaban J connectivity index is 2.46. The summed E-state index contributed by atoms with van der Waals surface area (Å²) < 4.78 is 0. The van der Waals surface area contributed by atoms with E-state index in [2.05, 4.69) is 39.0 Å². The van der Waals surface area contributed by atoms with Gasteiger partial charge in [0.25, 0.3) is 0 Å². The zero-order valence-corrected chi connectivity index (χ0v) is 10.7. The molecule has 1 atom stereocenters. The summed E-state index contributed by atoms with van der Waals surface area (Å²) in [6.45, 7) is 6.46. The molecule has 0 spiro atoms. The maximum absolute atomic E-state index is 5.88. The maximum atomic E-state index is 5.88. The van der Waals surface area contributed by atoms with Gasteiger partial charge in [-0.2, -0.15) is 11.8 Å². The Morgan fingerprint density at radius 3 is 2.73 bits per heavy atom. The van der Waals surface area contributed by atoms with Gasteiger partial charge in [-0.15, -0.1) is 0 Å². The molecule has 0 aliphatic rings. The molecule has 84 valence electrons. The highest BCUT2D eigenvalue weighted by Crippen LogP contribution is 2.18. The first kappa shape index (κ1) is 12.6. The van der Waals surface area contributed by atoms with Crippen molar-refractivity contribution in [3.8, 4) is 0 Å². The van der Waals surface area contributed by atoms with Gasteiger partial charge in [0.05, 0.1) is 0 Å². The second-order valence-corrected chi connectivity index (χ2v) is 5.14. The van der Waals surface area contributed by atoms with E-state index in [1.165, 1.54) is 16.7 Å². The largest absolute Gasteiger partial charge is 0.327 e. The van der Waals surface area contributed by atoms with Gasteiger partial charge in [-0.25, -0.2) is 0 Å². The summed E-state index contributed by atoms with van der Waals surface area (Å²) in [4.78, 5) is 0. The molecular formula is C13H21NS. The molecule has 0 bridgehead atoms. The first-order valence-corrected chi connectivity index (χ1v) is 6.68. The number of hydrogen-bond donors (Lipinski definition) is 1. The van der Waals surface area contributed by atoms with Crippen molar-refractivity contribution in [3.63, 3.8) is 0 Å². The second kappa shape index (κ2) is 6.19. The molecule has 0 fully saturated rings. The van der Waals surface area contributed by atoms with Gasteiger partial charge in [0, 0.05) is 17.5 Å². The fraction of sp³-hybridized carbons (Fsp3) is 0.538. The van der Waals surface area contributed by atoms with Gasteiger partial charge in [0.2, 0.25) is 0 Å². The third-order valence-electron chi connectivity index (χ3n) is 2.62. The summed E-state index contributed by atoms with van der Waals surface area (Å²) in [7, 11) is 0. The van der Waals surface area contributed by atoms with E-state index in [0.717, 1.165) is 17.9 Å². The molecule has 15 heavy (non-hydrogen) atoms. The zero-order chi connectivity index (χ0) is 11.3. The van der Waals surface area contributed by atoms with Gasteiger partial charge < -0.3 is 5.73 Å². The smallest absolute Gasteiger partial charge is 0.0187 e. The Morgan fingerprint density at radius 1 is 1.33 bits per heavy atom. The topological polar surface area (TPSA) is 26.0 Å². The molecule has 0 aromatic heterocycles. The predicted octanol–water partition coefficient (Wildman–Crippen LogP) is 3.27. The Bertz CT molecular complexity index is 309. The van der Waals surface area contributed by atoms with Crippen molar-refractivity contribution < 1.29 is 0 Å². The Hall–Kier alpha value is -0.470. The third-order valence-corrected chi connectivity index (χ3v) is 3.80. The Labute approximate surface area is 97.4 Å². The van der Waals surface area contributed by atoms with Crippen LogP contribution in [0.1, 0.15) is 30.0 Å². The van der Waals surface area contributed by atoms with Crippen LogP contribution in [0.15, 0.2) is 18.2 Å². The van der Waals surface area contributed by atoms with Crippen molar-refractivity contribution in [3.05, 3.63) is 34.9 Å². The zero-order valence-electron chi connectivity index (χ0n) is 9.92. The molecular weight excluding hydrogens is 202 g/mol. The Morgan fingerprint density at radius 2 is 2.07 bits per heavy atom. The highest BCUT2D eigenvalue weighted by Gasteiger charge is 2.02. The third kappa shape index (κ3) is 4.27. The average Bonchev–Trinajstić information content (AvgIpc) is 2.23. The van der Waals surface area contributed by atoms with E-state index in [9.17, 15) is 0 Å². The molecule has 0 heterocycles. The van der Waals surface area contributed by atoms with Crippen LogP contribution in [0.25, 0.3) is 0 Å². The van der Waals surface area contributed by atoms with Crippen LogP contribution in [0.2, 0.25) is 0 Å². The summed E-state index contributed by atoms with van der Waals surface area (Å²) in [5.41, 5.74) is 10.1. The quantitative estimate of drug-likeness (QED) is 0.829. The number of thioether (sulfide) groups is 1. The minimum Gasteiger partial charge on any atom is -0.327 e. The number of benzene rings is 1. The van der Waals surface area contributed by atoms with Crippen LogP contribution in [0.4, 0.5) is 0 Å². The van der Waals surface area contributed by atoms with E-state index in [4.69, 9.17) is 5.73 Å². The molecule has 0 aliphatic carbocycles. The van der Waals surface area contributed by atoms with Crippen molar-refractivity contribution in [2.24, 2.45) is 5.73 Å². The molecule has 1 nitrogen and oxygen atoms in total. The fourth-order valence-corrected chi connectivity index (χ4v) is 2.58. The Kier molecular flexibility index (Phi) is 5.20. The van der Waals surface area contributed by atoms with Crippen LogP contribution in [0.3, 0.4) is 0 Å². The van der Waals surface area contributed by atoms with E-state index in [0.29, 0.717) is 6.04 Å². The lowest BCUT2D eigenvalue weighted by atomic mass is 10.1. The summed E-state index contributed by atoms with van der Waals surface area (Å²) in [5.74, 6) is 2.14. The van der Waals surface area contributed by atoms with Gasteiger partial charge in [0.15, 0.2) is 0 Å². The molecule has 2 N–H and O–H groups in total. The lowest BCUT2D eigenvalue weighted by Gasteiger charge is -2.10. The molecule has 1 unspecified atom stereocenters. The van der Waals surface area contributed by atoms with Crippen molar-refractivity contribution >= 4 is 11.8 Å². The van der Waals surface area contributed by atoms with Gasteiger partial charge in [0.1, 0.15) is 0 Å². The first-order valence-electron chi connectivity index (χ1n) is 5.53. The van der Waals surface area contributed by atoms with Crippen LogP contribution in [0, 0.1) is 13.8 Å². The minimum absolute atomic E-state index is 0.347. The van der Waals surface area contributed by atoms with Crippen molar-refractivity contribution in [1.82, 2.24) is 0 Å². The second-order valence-electron chi connectivity index (χ2n) is 4.11. The van der Waals surface area contributed by atoms with Crippen molar-refractivity contribution in [2.75, 3.05) is 5.75 Å². The molecule has 0 radical (unpaired) electrons. The predicted molar refractivity (Wildman–Crippen MR) is 70.3 cm³/mol. The van der Waals surface area contributed by atoms with Crippen LogP contribution in [-0.4, -0.2) is 11.8 Å². The van der Waals surface area contributed by atoms with E-state index in [1.807, 2.05) is 11.8 Å². The number of hydrogen-bond acceptors (Lipinski definition) is 2. The molecule has 1 aromatic carbocycles. The van der Waals surface area contributed by atoms with Crippen LogP contribution < -0.4 is 5.73 Å². The molecule has 0 amide bonds. The molecule has 1 aromatic rings. The summed E-state index contributed by atoms with van der Waals surface area (Å²) in [5, 5.41) is 0. The normalized spacial score (nSPS) is 12.8. The molecule has 0 saturated carbocycles. The van der Waals surface area contributed by atoms with Gasteiger partial charge in [-0.1, -0.05) is 30.7 Å². The van der Waals surface area contributed by atoms with Crippen molar-refractivity contribution in [2.45, 2.75) is 39.0 Å². The van der Waals surface area contributed by atoms with E-state index >= 15 is 0 Å². The van der Waals surface area contributed by atoms with Crippen LogP contribution >= 0.6 is 11.8 Å². The molecule has 2 heteroatoms. The van der Waals surface area contributed by atoms with E-state index < -0.39 is 0 Å². The lowest BCUT2D eigenvalue weighted by molar-refractivity contribution is 0.725. The van der Waals surface area contributed by atoms with Crippen molar-refractivity contribution in [1.29, 1.82) is 0 Å². The lowest BCUT2D eigenvalue weighted by Crippen LogP contribution is -2.21. The van der Waals surface area contributed by atoms with E-state index in [1.54, 1.807) is 0 Å². The average molecular weight is 223 g/mol. The summed E-state index contributed by atoms with van der Waals surface area (Å²) >= 11 is 1.94. The van der Waals surface area contributed by atoms with Gasteiger partial charge >= 0.3 is 0 Å². The molecule has 0 saturated heterocycles. The fourth-order valence-electron chi connectivity index (χ4n) is 1.39. The standard InChI is InChI=1S/C13H21NS/c1-4-13(14)9-15-8-12-7-10(2)5-6-11(12)3/h5-7,13H,4,8-9,14H2,1-3H3. The SMILES string of the molecule is CCC(N)CSCc1cc(C)ccc1C. The van der Waals surface area contributed by atoms with Crippen LogP contribution in [-0.2, 0) is 5.75 Å². The number of rotatable bonds is 5. The molecule has 0 aliphatic heterocycles. The highest BCUT2D eigenvalue weighted by atomic mass is 32.2. The summed E-state index contributed by atoms with van der Waals surface area (Å²) in [6.07, 6.45) is 1.07. The highest BCUT2D eigenvalue weighted by molar-refractivity contribution is 7.98. The summed E-state index contributed by atoms with van der Waals surface area (Å²) in [6, 6.07) is 6.99.